The number of fused-ring (bicyclic) bond motifs is 5. The van der Waals surface area contributed by atoms with Crippen molar-refractivity contribution >= 4 is 23.9 Å². The van der Waals surface area contributed by atoms with Gasteiger partial charge >= 0.3 is 5.97 Å². The summed E-state index contributed by atoms with van der Waals surface area (Å²) in [5, 5.41) is -0.181. The van der Waals surface area contributed by atoms with E-state index in [1.807, 2.05) is 0 Å². The van der Waals surface area contributed by atoms with Gasteiger partial charge in [0.05, 0.1) is 5.38 Å². The molecule has 0 heterocycles. The molecule has 4 aliphatic carbocycles. The molecule has 3 nitrogen and oxygen atoms in total. The van der Waals surface area contributed by atoms with Crippen LogP contribution in [0.1, 0.15) is 53.4 Å². The topological polar surface area (TPSA) is 43.4 Å². The predicted molar refractivity (Wildman–Crippen MR) is 106 cm³/mol. The van der Waals surface area contributed by atoms with Crippen molar-refractivity contribution in [1.29, 1.82) is 0 Å². The smallest absolute Gasteiger partial charge is 0.303 e. The number of allylic oxidation sites excluding steroid dienone is 5. The van der Waals surface area contributed by atoms with Crippen LogP contribution in [0.3, 0.4) is 0 Å². The van der Waals surface area contributed by atoms with Gasteiger partial charge in [-0.1, -0.05) is 31.6 Å². The van der Waals surface area contributed by atoms with E-state index in [1.54, 1.807) is 0 Å². The predicted octanol–water partition coefficient (Wildman–Crippen LogP) is 5.00. The van der Waals surface area contributed by atoms with Crippen LogP contribution in [0.4, 0.5) is 0 Å². The first-order valence-electron chi connectivity index (χ1n) is 10.1. The lowest BCUT2D eigenvalue weighted by Gasteiger charge is -2.56. The van der Waals surface area contributed by atoms with Gasteiger partial charge in [0.15, 0.2) is 0 Å². The van der Waals surface area contributed by atoms with Gasteiger partial charge in [-0.05, 0) is 72.8 Å². The van der Waals surface area contributed by atoms with Crippen LogP contribution < -0.4 is 0 Å². The Kier molecular flexibility index (Phi) is 4.46. The maximum atomic E-state index is 11.5. The van der Waals surface area contributed by atoms with Gasteiger partial charge in [-0.2, -0.15) is 0 Å². The minimum Gasteiger partial charge on any atom is -0.458 e. The Labute approximate surface area is 166 Å². The van der Waals surface area contributed by atoms with Crippen molar-refractivity contribution < 1.29 is 14.3 Å². The second kappa shape index (κ2) is 6.34. The highest BCUT2D eigenvalue weighted by Gasteiger charge is 2.58. The lowest BCUT2D eigenvalue weighted by atomic mass is 9.48. The molecule has 4 aliphatic rings. The molecule has 4 rings (SSSR count). The van der Waals surface area contributed by atoms with Gasteiger partial charge in [-0.3, -0.25) is 9.59 Å². The Morgan fingerprint density at radius 1 is 1.22 bits per heavy atom. The molecule has 0 aliphatic heterocycles. The third kappa shape index (κ3) is 2.68. The number of aldehydes is 1. The van der Waals surface area contributed by atoms with E-state index in [1.165, 1.54) is 18.1 Å². The summed E-state index contributed by atoms with van der Waals surface area (Å²) >= 11 is 6.72. The molecule has 0 radical (unpaired) electrons. The Bertz CT molecular complexity index is 778. The highest BCUT2D eigenvalue weighted by Crippen LogP contribution is 2.64. The van der Waals surface area contributed by atoms with Crippen molar-refractivity contribution in [2.24, 2.45) is 28.6 Å². The number of hydrogen-bond donors (Lipinski definition) is 0. The molecule has 1 saturated carbocycles. The standard InChI is InChI=1S/C23H29ClO3/c1-13-9-17-18(6-8-23(4)20(17)10-15(12-25)21(23)24)22(3)7-5-16(11-19(13)22)27-14(2)26/h9-12,16-18,20-21H,5-8H2,1-4H3/t16?,17?,18?,20?,21?,22-,23+/m1/s1. The molecule has 0 bridgehead atoms. The van der Waals surface area contributed by atoms with Crippen LogP contribution in [-0.2, 0) is 14.3 Å². The maximum Gasteiger partial charge on any atom is 0.303 e. The van der Waals surface area contributed by atoms with Crippen molar-refractivity contribution in [3.8, 4) is 0 Å². The van der Waals surface area contributed by atoms with Crippen LogP contribution in [0.15, 0.2) is 34.9 Å². The number of carbonyl (C=O) groups excluding carboxylic acids is 2. The summed E-state index contributed by atoms with van der Waals surface area (Å²) in [6.07, 6.45) is 11.7. The first kappa shape index (κ1) is 19.0. The number of halogens is 1. The van der Waals surface area contributed by atoms with Crippen molar-refractivity contribution in [2.45, 2.75) is 64.9 Å². The Morgan fingerprint density at radius 3 is 2.63 bits per heavy atom. The quantitative estimate of drug-likeness (QED) is 0.380. The second-order valence-corrected chi connectivity index (χ2v) is 9.87. The second-order valence-electron chi connectivity index (χ2n) is 9.44. The Hall–Kier alpha value is -1.35. The van der Waals surface area contributed by atoms with E-state index in [2.05, 4.69) is 39.0 Å². The summed E-state index contributed by atoms with van der Waals surface area (Å²) in [7, 11) is 0. The monoisotopic (exact) mass is 388 g/mol. The molecule has 0 saturated heterocycles. The van der Waals surface area contributed by atoms with E-state index in [0.717, 1.165) is 37.5 Å². The largest absolute Gasteiger partial charge is 0.458 e. The summed E-state index contributed by atoms with van der Waals surface area (Å²) in [5.74, 6) is 1.05. The molecule has 4 heteroatoms. The third-order valence-corrected chi connectivity index (χ3v) is 8.68. The molecule has 27 heavy (non-hydrogen) atoms. The van der Waals surface area contributed by atoms with E-state index < -0.39 is 0 Å². The highest BCUT2D eigenvalue weighted by molar-refractivity contribution is 6.25. The van der Waals surface area contributed by atoms with Gasteiger partial charge < -0.3 is 4.74 Å². The van der Waals surface area contributed by atoms with Crippen LogP contribution in [0.25, 0.3) is 0 Å². The minimum atomic E-state index is -0.213. The molecule has 1 fully saturated rings. The first-order valence-corrected chi connectivity index (χ1v) is 10.5. The van der Waals surface area contributed by atoms with E-state index >= 15 is 0 Å². The molecule has 146 valence electrons. The lowest BCUT2D eigenvalue weighted by Crippen LogP contribution is -2.50. The summed E-state index contributed by atoms with van der Waals surface area (Å²) < 4.78 is 5.49. The van der Waals surface area contributed by atoms with E-state index in [4.69, 9.17) is 16.3 Å². The zero-order valence-electron chi connectivity index (χ0n) is 16.6. The van der Waals surface area contributed by atoms with Crippen LogP contribution in [0, 0.1) is 28.6 Å². The van der Waals surface area contributed by atoms with E-state index in [9.17, 15) is 9.59 Å². The Morgan fingerprint density at radius 2 is 1.96 bits per heavy atom. The van der Waals surface area contributed by atoms with Gasteiger partial charge in [-0.15, -0.1) is 11.6 Å². The summed E-state index contributed by atoms with van der Waals surface area (Å²) in [6.45, 7) is 8.30. The molecule has 0 N–H and O–H groups in total. The molecule has 5 unspecified atom stereocenters. The molecule has 0 amide bonds. The average Bonchev–Trinajstić information content (AvgIpc) is 2.87. The molecule has 0 aromatic rings. The van der Waals surface area contributed by atoms with Crippen LogP contribution >= 0.6 is 11.6 Å². The maximum absolute atomic E-state index is 11.5. The van der Waals surface area contributed by atoms with Gasteiger partial charge in [0, 0.05) is 12.5 Å². The zero-order chi connectivity index (χ0) is 19.6. The summed E-state index contributed by atoms with van der Waals surface area (Å²) in [4.78, 5) is 22.9. The average molecular weight is 389 g/mol. The van der Waals surface area contributed by atoms with Gasteiger partial charge in [0.1, 0.15) is 12.4 Å². The SMILES string of the molecule is CC(=O)OC1C=C2C(C)=CC3C4C=C(C=O)C(Cl)[C@@]4(C)CCC3[C@@]2(C)CC1. The highest BCUT2D eigenvalue weighted by atomic mass is 35.5. The van der Waals surface area contributed by atoms with Gasteiger partial charge in [0.25, 0.3) is 0 Å². The number of ether oxygens (including phenoxy) is 1. The molecule has 0 aromatic heterocycles. The normalized spacial score (nSPS) is 45.5. The summed E-state index contributed by atoms with van der Waals surface area (Å²) in [5.41, 5.74) is 3.47. The van der Waals surface area contributed by atoms with Crippen molar-refractivity contribution in [3.05, 3.63) is 34.9 Å². The Balaban J connectivity index is 1.75. The first-order chi connectivity index (χ1) is 12.7. The number of esters is 1. The van der Waals surface area contributed by atoms with Crippen molar-refractivity contribution in [3.63, 3.8) is 0 Å². The number of alkyl halides is 1. The number of rotatable bonds is 2. The lowest BCUT2D eigenvalue weighted by molar-refractivity contribution is -0.145. The molecule has 0 spiro atoms. The van der Waals surface area contributed by atoms with E-state index in [-0.39, 0.29) is 28.3 Å². The minimum absolute atomic E-state index is 0.0394. The fourth-order valence-corrected chi connectivity index (χ4v) is 6.91. The molecular formula is C23H29ClO3. The van der Waals surface area contributed by atoms with Crippen molar-refractivity contribution in [1.82, 2.24) is 0 Å². The van der Waals surface area contributed by atoms with Crippen LogP contribution in [-0.4, -0.2) is 23.7 Å². The fourth-order valence-electron chi connectivity index (χ4n) is 6.54. The fraction of sp³-hybridized carbons (Fsp3) is 0.652. The molecule has 7 atom stereocenters. The molecular weight excluding hydrogens is 360 g/mol. The van der Waals surface area contributed by atoms with Crippen LogP contribution in [0.5, 0.6) is 0 Å². The van der Waals surface area contributed by atoms with Crippen molar-refractivity contribution in [2.75, 3.05) is 0 Å². The number of hydrogen-bond acceptors (Lipinski definition) is 3. The number of carbonyl (C=O) groups is 2. The van der Waals surface area contributed by atoms with E-state index in [0.29, 0.717) is 17.8 Å². The summed E-state index contributed by atoms with van der Waals surface area (Å²) in [6, 6.07) is 0. The third-order valence-electron chi connectivity index (χ3n) is 7.93. The van der Waals surface area contributed by atoms with Gasteiger partial charge in [-0.25, -0.2) is 0 Å². The zero-order valence-corrected chi connectivity index (χ0v) is 17.4. The molecule has 0 aromatic carbocycles. The van der Waals surface area contributed by atoms with Gasteiger partial charge in [0.2, 0.25) is 0 Å². The van der Waals surface area contributed by atoms with Crippen LogP contribution in [0.2, 0.25) is 0 Å².